The molecule has 0 saturated heterocycles. The number of ether oxygens (including phenoxy) is 1. The number of nitrogens with zero attached hydrogens (tertiary/aromatic N) is 1. The highest BCUT2D eigenvalue weighted by Crippen LogP contribution is 2.23. The smallest absolute Gasteiger partial charge is 0.123 e. The highest BCUT2D eigenvalue weighted by molar-refractivity contribution is 9.10. The van der Waals surface area contributed by atoms with E-state index in [9.17, 15) is 0 Å². The Morgan fingerprint density at radius 3 is 2.79 bits per heavy atom. The molecule has 0 aromatic heterocycles. The van der Waals surface area contributed by atoms with Gasteiger partial charge in [-0.2, -0.15) is 12.6 Å². The SMILES string of the molecule is COc1ccc(Br)cc1CN(C)CS. The lowest BCUT2D eigenvalue weighted by molar-refractivity contribution is 0.363. The van der Waals surface area contributed by atoms with Crippen LogP contribution in [0, 0.1) is 0 Å². The minimum Gasteiger partial charge on any atom is -0.496 e. The number of hydrogen-bond acceptors (Lipinski definition) is 3. The van der Waals surface area contributed by atoms with Crippen LogP contribution in [0.1, 0.15) is 5.56 Å². The second-order valence-corrected chi connectivity index (χ2v) is 4.31. The van der Waals surface area contributed by atoms with Gasteiger partial charge in [-0.05, 0) is 25.2 Å². The van der Waals surface area contributed by atoms with Crippen molar-refractivity contribution in [1.29, 1.82) is 0 Å². The third-order valence-corrected chi connectivity index (χ3v) is 2.90. The van der Waals surface area contributed by atoms with Crippen molar-refractivity contribution < 1.29 is 4.74 Å². The monoisotopic (exact) mass is 275 g/mol. The van der Waals surface area contributed by atoms with Crippen molar-refractivity contribution in [3.63, 3.8) is 0 Å². The zero-order valence-corrected chi connectivity index (χ0v) is 10.8. The largest absolute Gasteiger partial charge is 0.496 e. The maximum absolute atomic E-state index is 5.27. The quantitative estimate of drug-likeness (QED) is 0.670. The van der Waals surface area contributed by atoms with Crippen LogP contribution in [-0.4, -0.2) is 24.9 Å². The van der Waals surface area contributed by atoms with Crippen LogP contribution in [0.4, 0.5) is 0 Å². The summed E-state index contributed by atoms with van der Waals surface area (Å²) >= 11 is 7.65. The minimum absolute atomic E-state index is 0.732. The zero-order valence-electron chi connectivity index (χ0n) is 8.33. The molecule has 0 atom stereocenters. The maximum atomic E-state index is 5.27. The van der Waals surface area contributed by atoms with Crippen LogP contribution < -0.4 is 4.74 Å². The molecule has 0 amide bonds. The van der Waals surface area contributed by atoms with E-state index in [-0.39, 0.29) is 0 Å². The number of benzene rings is 1. The Hall–Kier alpha value is -0.190. The van der Waals surface area contributed by atoms with E-state index in [4.69, 9.17) is 4.74 Å². The summed E-state index contributed by atoms with van der Waals surface area (Å²) in [6.45, 7) is 0.839. The van der Waals surface area contributed by atoms with E-state index in [0.29, 0.717) is 0 Å². The molecule has 0 unspecified atom stereocenters. The minimum atomic E-state index is 0.732. The van der Waals surface area contributed by atoms with Crippen LogP contribution in [0.3, 0.4) is 0 Å². The molecule has 0 aliphatic carbocycles. The highest BCUT2D eigenvalue weighted by atomic mass is 79.9. The Morgan fingerprint density at radius 2 is 2.21 bits per heavy atom. The summed E-state index contributed by atoms with van der Waals surface area (Å²) in [5.74, 6) is 1.65. The van der Waals surface area contributed by atoms with E-state index in [1.54, 1.807) is 7.11 Å². The van der Waals surface area contributed by atoms with Crippen molar-refractivity contribution in [2.24, 2.45) is 0 Å². The fourth-order valence-corrected chi connectivity index (χ4v) is 1.72. The number of thiol groups is 1. The number of methoxy groups -OCH3 is 1. The van der Waals surface area contributed by atoms with Crippen molar-refractivity contribution in [3.05, 3.63) is 28.2 Å². The van der Waals surface area contributed by atoms with Crippen LogP contribution in [0.25, 0.3) is 0 Å². The van der Waals surface area contributed by atoms with Crippen LogP contribution in [0.5, 0.6) is 5.75 Å². The molecule has 1 aromatic rings. The van der Waals surface area contributed by atoms with Crippen molar-refractivity contribution in [1.82, 2.24) is 4.90 Å². The third-order valence-electron chi connectivity index (χ3n) is 1.92. The van der Waals surface area contributed by atoms with E-state index in [0.717, 1.165) is 22.6 Å². The fourth-order valence-electron chi connectivity index (χ4n) is 1.21. The van der Waals surface area contributed by atoms with Gasteiger partial charge in [0, 0.05) is 22.5 Å². The summed E-state index contributed by atoms with van der Waals surface area (Å²) in [4.78, 5) is 2.10. The highest BCUT2D eigenvalue weighted by Gasteiger charge is 2.05. The first kappa shape index (κ1) is 11.9. The molecule has 0 aliphatic rings. The summed E-state index contributed by atoms with van der Waals surface area (Å²) in [6.07, 6.45) is 0. The summed E-state index contributed by atoms with van der Waals surface area (Å²) < 4.78 is 6.34. The average Bonchev–Trinajstić information content (AvgIpc) is 2.18. The molecule has 0 spiro atoms. The molecule has 1 aromatic carbocycles. The molecule has 0 radical (unpaired) electrons. The van der Waals surface area contributed by atoms with Gasteiger partial charge in [0.25, 0.3) is 0 Å². The van der Waals surface area contributed by atoms with Crippen molar-refractivity contribution in [3.8, 4) is 5.75 Å². The van der Waals surface area contributed by atoms with Gasteiger partial charge in [-0.3, -0.25) is 4.90 Å². The molecule has 0 N–H and O–H groups in total. The molecule has 0 bridgehead atoms. The Bertz CT molecular complexity index is 306. The van der Waals surface area contributed by atoms with Gasteiger partial charge >= 0.3 is 0 Å². The molecule has 78 valence electrons. The standard InChI is InChI=1S/C10H14BrNOS/c1-12(7-14)6-8-5-9(11)3-4-10(8)13-2/h3-5,14H,6-7H2,1-2H3. The van der Waals surface area contributed by atoms with Gasteiger partial charge in [0.15, 0.2) is 0 Å². The third kappa shape index (κ3) is 3.19. The average molecular weight is 276 g/mol. The fraction of sp³-hybridized carbons (Fsp3) is 0.400. The van der Waals surface area contributed by atoms with E-state index >= 15 is 0 Å². The molecule has 1 rings (SSSR count). The summed E-state index contributed by atoms with van der Waals surface area (Å²) in [6, 6.07) is 6.01. The van der Waals surface area contributed by atoms with E-state index in [2.05, 4.69) is 39.5 Å². The second-order valence-electron chi connectivity index (χ2n) is 3.11. The number of rotatable bonds is 4. The summed E-state index contributed by atoms with van der Waals surface area (Å²) in [5, 5.41) is 0. The van der Waals surface area contributed by atoms with Gasteiger partial charge in [-0.1, -0.05) is 15.9 Å². The van der Waals surface area contributed by atoms with Gasteiger partial charge in [0.1, 0.15) is 5.75 Å². The van der Waals surface area contributed by atoms with E-state index in [1.165, 1.54) is 5.56 Å². The number of halogens is 1. The van der Waals surface area contributed by atoms with Gasteiger partial charge in [-0.15, -0.1) is 0 Å². The molecule has 4 heteroatoms. The normalized spacial score (nSPS) is 10.6. The second kappa shape index (κ2) is 5.63. The van der Waals surface area contributed by atoms with Crippen molar-refractivity contribution in [2.45, 2.75) is 6.54 Å². The van der Waals surface area contributed by atoms with Gasteiger partial charge in [0.05, 0.1) is 7.11 Å². The van der Waals surface area contributed by atoms with Crippen LogP contribution in [0.2, 0.25) is 0 Å². The Balaban J connectivity index is 2.87. The van der Waals surface area contributed by atoms with E-state index in [1.807, 2.05) is 19.2 Å². The molecule has 2 nitrogen and oxygen atoms in total. The van der Waals surface area contributed by atoms with Crippen LogP contribution in [-0.2, 0) is 6.54 Å². The Kier molecular flexibility index (Phi) is 4.78. The lowest BCUT2D eigenvalue weighted by atomic mass is 10.2. The first-order chi connectivity index (χ1) is 6.67. The molecule has 14 heavy (non-hydrogen) atoms. The summed E-state index contributed by atoms with van der Waals surface area (Å²) in [5.41, 5.74) is 1.17. The summed E-state index contributed by atoms with van der Waals surface area (Å²) in [7, 11) is 3.71. The molecule has 0 aliphatic heterocycles. The molecular weight excluding hydrogens is 262 g/mol. The molecule has 0 fully saturated rings. The lowest BCUT2D eigenvalue weighted by Gasteiger charge is -2.15. The molecular formula is C10H14BrNOS. The van der Waals surface area contributed by atoms with Crippen LogP contribution in [0.15, 0.2) is 22.7 Å². The van der Waals surface area contributed by atoms with Gasteiger partial charge < -0.3 is 4.74 Å². The maximum Gasteiger partial charge on any atom is 0.123 e. The Labute approximate surface area is 98.8 Å². The molecule has 0 saturated carbocycles. The van der Waals surface area contributed by atoms with Crippen LogP contribution >= 0.6 is 28.6 Å². The van der Waals surface area contributed by atoms with Gasteiger partial charge in [0.2, 0.25) is 0 Å². The Morgan fingerprint density at radius 1 is 1.50 bits per heavy atom. The van der Waals surface area contributed by atoms with Crippen molar-refractivity contribution in [2.75, 3.05) is 20.0 Å². The predicted molar refractivity (Wildman–Crippen MR) is 66.0 cm³/mol. The van der Waals surface area contributed by atoms with Crippen molar-refractivity contribution >= 4 is 28.6 Å². The zero-order chi connectivity index (χ0) is 10.6. The topological polar surface area (TPSA) is 12.5 Å². The lowest BCUT2D eigenvalue weighted by Crippen LogP contribution is -2.15. The number of hydrogen-bond donors (Lipinski definition) is 1. The first-order valence-corrected chi connectivity index (χ1v) is 5.71. The molecule has 0 heterocycles. The van der Waals surface area contributed by atoms with Gasteiger partial charge in [-0.25, -0.2) is 0 Å². The van der Waals surface area contributed by atoms with E-state index < -0.39 is 0 Å². The predicted octanol–water partition coefficient (Wildman–Crippen LogP) is 2.78. The first-order valence-electron chi connectivity index (χ1n) is 4.29.